The van der Waals surface area contributed by atoms with E-state index in [0.29, 0.717) is 6.42 Å². The molecule has 0 aliphatic heterocycles. The van der Waals surface area contributed by atoms with E-state index in [1.807, 2.05) is 65.0 Å². The van der Waals surface area contributed by atoms with Gasteiger partial charge in [-0.15, -0.1) is 0 Å². The van der Waals surface area contributed by atoms with E-state index in [0.717, 1.165) is 5.56 Å². The van der Waals surface area contributed by atoms with Crippen LogP contribution in [0, 0.1) is 11.8 Å². The predicted octanol–water partition coefficient (Wildman–Crippen LogP) is 3.08. The fraction of sp³-hybridized carbons (Fsp3) is 0.562. The van der Waals surface area contributed by atoms with Crippen LogP contribution in [0.4, 0.5) is 0 Å². The Kier molecular flexibility index (Phi) is 5.93. The molecule has 0 aliphatic carbocycles. The van der Waals surface area contributed by atoms with Crippen LogP contribution in [-0.2, 0) is 22.2 Å². The van der Waals surface area contributed by atoms with Crippen LogP contribution in [0.5, 0.6) is 0 Å². The van der Waals surface area contributed by atoms with E-state index in [1.54, 1.807) is 0 Å². The lowest BCUT2D eigenvalue weighted by Gasteiger charge is -2.23. The van der Waals surface area contributed by atoms with Crippen LogP contribution in [-0.4, -0.2) is 14.9 Å². The second-order valence-electron chi connectivity index (χ2n) is 6.39. The molecule has 1 aromatic carbocycles. The second kappa shape index (κ2) is 7.02. The van der Waals surface area contributed by atoms with Crippen LogP contribution in [0.15, 0.2) is 30.3 Å². The predicted molar refractivity (Wildman–Crippen MR) is 84.5 cm³/mol. The molecule has 0 bridgehead atoms. The number of rotatable bonds is 5. The zero-order valence-corrected chi connectivity index (χ0v) is 13.8. The summed E-state index contributed by atoms with van der Waals surface area (Å²) in [6, 6.07) is 9.94. The highest BCUT2D eigenvalue weighted by atomic mass is 32.2. The fourth-order valence-electron chi connectivity index (χ4n) is 1.82. The minimum absolute atomic E-state index is 0.128. The van der Waals surface area contributed by atoms with Crippen LogP contribution in [0.3, 0.4) is 0 Å². The summed E-state index contributed by atoms with van der Waals surface area (Å²) in [6.07, 6.45) is 0.672. The Hall–Kier alpha value is -1.16. The average molecular weight is 295 g/mol. The molecule has 20 heavy (non-hydrogen) atoms. The standard InChI is InChI=1S/C16H25NO2S/c1-12(2)14(11-13-9-7-6-8-10-13)15(18)17-20(19)16(3,4)5/h6-10,12,14H,11H2,1-5H3,(H,17,18)/t14-,20?/m0/s1. The first-order chi connectivity index (χ1) is 9.21. The highest BCUT2D eigenvalue weighted by molar-refractivity contribution is 7.85. The lowest BCUT2D eigenvalue weighted by atomic mass is 9.89. The van der Waals surface area contributed by atoms with Crippen molar-refractivity contribution in [2.75, 3.05) is 0 Å². The van der Waals surface area contributed by atoms with E-state index in [1.165, 1.54) is 0 Å². The van der Waals surface area contributed by atoms with E-state index < -0.39 is 15.7 Å². The molecular formula is C16H25NO2S. The summed E-state index contributed by atoms with van der Waals surface area (Å²) in [5.74, 6) is -0.0898. The summed E-state index contributed by atoms with van der Waals surface area (Å²) in [6.45, 7) is 9.60. The van der Waals surface area contributed by atoms with E-state index in [2.05, 4.69) is 4.72 Å². The highest BCUT2D eigenvalue weighted by Gasteiger charge is 2.27. The first-order valence-corrected chi connectivity index (χ1v) is 8.13. The molecule has 1 aromatic rings. The molecule has 0 aromatic heterocycles. The number of hydrogen-bond donors (Lipinski definition) is 1. The first-order valence-electron chi connectivity index (χ1n) is 6.98. The number of benzene rings is 1. The monoisotopic (exact) mass is 295 g/mol. The molecular weight excluding hydrogens is 270 g/mol. The van der Waals surface area contributed by atoms with Crippen LogP contribution in [0.25, 0.3) is 0 Å². The third-order valence-electron chi connectivity index (χ3n) is 3.19. The minimum atomic E-state index is -1.36. The molecule has 1 rings (SSSR count). The van der Waals surface area contributed by atoms with E-state index in [-0.39, 0.29) is 17.7 Å². The van der Waals surface area contributed by atoms with Gasteiger partial charge in [0.15, 0.2) is 0 Å². The van der Waals surface area contributed by atoms with Crippen LogP contribution in [0.1, 0.15) is 40.2 Å². The molecule has 4 heteroatoms. The van der Waals surface area contributed by atoms with E-state index in [9.17, 15) is 9.00 Å². The van der Waals surface area contributed by atoms with Gasteiger partial charge in [-0.05, 0) is 38.7 Å². The fourth-order valence-corrected chi connectivity index (χ4v) is 2.46. The Bertz CT molecular complexity index is 463. The maximum atomic E-state index is 12.3. The lowest BCUT2D eigenvalue weighted by Crippen LogP contribution is -2.42. The van der Waals surface area contributed by atoms with E-state index in [4.69, 9.17) is 0 Å². The molecule has 3 nitrogen and oxygen atoms in total. The molecule has 112 valence electrons. The average Bonchev–Trinajstić information content (AvgIpc) is 2.35. The van der Waals surface area contributed by atoms with Crippen LogP contribution >= 0.6 is 0 Å². The first kappa shape index (κ1) is 16.9. The number of carbonyl (C=O) groups is 1. The molecule has 1 unspecified atom stereocenters. The van der Waals surface area contributed by atoms with Gasteiger partial charge in [0.1, 0.15) is 11.0 Å². The van der Waals surface area contributed by atoms with Gasteiger partial charge in [-0.1, -0.05) is 44.2 Å². The van der Waals surface area contributed by atoms with Crippen molar-refractivity contribution in [2.24, 2.45) is 11.8 Å². The highest BCUT2D eigenvalue weighted by Crippen LogP contribution is 2.19. The van der Waals surface area contributed by atoms with Gasteiger partial charge in [0.2, 0.25) is 5.91 Å². The number of nitrogens with one attached hydrogen (secondary N) is 1. The van der Waals surface area contributed by atoms with Crippen LogP contribution < -0.4 is 4.72 Å². The molecule has 1 amide bonds. The summed E-state index contributed by atoms with van der Waals surface area (Å²) in [5.41, 5.74) is 1.13. The normalized spacial score (nSPS) is 14.9. The number of hydrogen-bond acceptors (Lipinski definition) is 2. The summed E-state index contributed by atoms with van der Waals surface area (Å²) in [7, 11) is -1.36. The maximum Gasteiger partial charge on any atom is 0.235 e. The largest absolute Gasteiger partial charge is 0.274 e. The molecule has 0 saturated carbocycles. The zero-order chi connectivity index (χ0) is 15.3. The van der Waals surface area contributed by atoms with Gasteiger partial charge in [-0.2, -0.15) is 0 Å². The quantitative estimate of drug-likeness (QED) is 0.907. The molecule has 2 atom stereocenters. The van der Waals surface area contributed by atoms with Crippen molar-refractivity contribution in [3.05, 3.63) is 35.9 Å². The van der Waals surface area contributed by atoms with Gasteiger partial charge in [0.25, 0.3) is 0 Å². The van der Waals surface area contributed by atoms with Crippen molar-refractivity contribution in [1.29, 1.82) is 0 Å². The molecule has 0 saturated heterocycles. The molecule has 0 fully saturated rings. The van der Waals surface area contributed by atoms with Crippen molar-refractivity contribution >= 4 is 16.9 Å². The zero-order valence-electron chi connectivity index (χ0n) is 13.0. The van der Waals surface area contributed by atoms with E-state index >= 15 is 0 Å². The summed E-state index contributed by atoms with van der Waals surface area (Å²) < 4.78 is 14.2. The Morgan fingerprint density at radius 1 is 1.20 bits per heavy atom. The van der Waals surface area contributed by atoms with Crippen molar-refractivity contribution < 1.29 is 9.00 Å². The molecule has 0 spiro atoms. The van der Waals surface area contributed by atoms with Crippen molar-refractivity contribution in [3.8, 4) is 0 Å². The smallest absolute Gasteiger partial charge is 0.235 e. The number of carbonyl (C=O) groups excluding carboxylic acids is 1. The van der Waals surface area contributed by atoms with Crippen molar-refractivity contribution in [3.63, 3.8) is 0 Å². The SMILES string of the molecule is CC(C)[C@H](Cc1ccccc1)C(=O)NS(=O)C(C)(C)C. The topological polar surface area (TPSA) is 46.2 Å². The summed E-state index contributed by atoms with van der Waals surface area (Å²) in [5, 5.41) is 0. The van der Waals surface area contributed by atoms with Crippen LogP contribution in [0.2, 0.25) is 0 Å². The van der Waals surface area contributed by atoms with Gasteiger partial charge in [-0.25, -0.2) is 4.21 Å². The summed E-state index contributed by atoms with van der Waals surface area (Å²) in [4.78, 5) is 12.3. The van der Waals surface area contributed by atoms with Gasteiger partial charge in [0.05, 0.1) is 4.75 Å². The number of amides is 1. The molecule has 0 heterocycles. The van der Waals surface area contributed by atoms with Gasteiger partial charge in [0, 0.05) is 5.92 Å². The van der Waals surface area contributed by atoms with Gasteiger partial charge in [-0.3, -0.25) is 9.52 Å². The van der Waals surface area contributed by atoms with Crippen molar-refractivity contribution in [2.45, 2.75) is 45.8 Å². The third kappa shape index (κ3) is 5.08. The Labute approximate surface area is 124 Å². The van der Waals surface area contributed by atoms with Gasteiger partial charge < -0.3 is 0 Å². The minimum Gasteiger partial charge on any atom is -0.274 e. The lowest BCUT2D eigenvalue weighted by molar-refractivity contribution is -0.124. The van der Waals surface area contributed by atoms with Crippen molar-refractivity contribution in [1.82, 2.24) is 4.72 Å². The van der Waals surface area contributed by atoms with Gasteiger partial charge >= 0.3 is 0 Å². The maximum absolute atomic E-state index is 12.3. The third-order valence-corrected chi connectivity index (χ3v) is 4.69. The second-order valence-corrected chi connectivity index (χ2v) is 8.35. The Balaban J connectivity index is 2.77. The summed E-state index contributed by atoms with van der Waals surface area (Å²) >= 11 is 0. The molecule has 0 aliphatic rings. The molecule has 1 N–H and O–H groups in total. The molecule has 0 radical (unpaired) electrons. The Morgan fingerprint density at radius 2 is 1.75 bits per heavy atom. The Morgan fingerprint density at radius 3 is 2.20 bits per heavy atom.